The van der Waals surface area contributed by atoms with E-state index in [1.807, 2.05) is 72.8 Å². The summed E-state index contributed by atoms with van der Waals surface area (Å²) >= 11 is 6.11. The largest absolute Gasteiger partial charge is 0.484 e. The van der Waals surface area contributed by atoms with Crippen molar-refractivity contribution in [2.45, 2.75) is 19.2 Å². The first-order valence-corrected chi connectivity index (χ1v) is 10.1. The minimum atomic E-state index is -0.283. The minimum absolute atomic E-state index is 0.0373. The monoisotopic (exact) mass is 433 g/mol. The molecule has 0 fully saturated rings. The molecule has 0 saturated carbocycles. The van der Waals surface area contributed by atoms with Gasteiger partial charge in [-0.25, -0.2) is 4.68 Å². The smallest absolute Gasteiger partial charge is 0.242 e. The third-order valence-electron chi connectivity index (χ3n) is 4.66. The lowest BCUT2D eigenvalue weighted by atomic mass is 9.99. The average Bonchev–Trinajstić information content (AvgIpc) is 3.25. The maximum atomic E-state index is 12.9. The van der Waals surface area contributed by atoms with Crippen molar-refractivity contribution in [2.75, 3.05) is 0 Å². The molecule has 1 amide bonds. The molecule has 4 rings (SSSR count). The molecule has 1 heterocycles. The zero-order valence-corrected chi connectivity index (χ0v) is 17.3. The first-order valence-electron chi connectivity index (χ1n) is 9.72. The van der Waals surface area contributed by atoms with Crippen LogP contribution in [-0.4, -0.2) is 26.1 Å². The predicted octanol–water partition coefficient (Wildman–Crippen LogP) is 3.81. The van der Waals surface area contributed by atoms with Crippen LogP contribution in [0.25, 0.3) is 0 Å². The number of amides is 1. The molecular weight excluding hydrogens is 414 g/mol. The Morgan fingerprint density at radius 2 is 1.55 bits per heavy atom. The molecule has 3 aromatic carbocycles. The molecule has 8 heteroatoms. The van der Waals surface area contributed by atoms with Crippen LogP contribution in [0.4, 0.5) is 0 Å². The van der Waals surface area contributed by atoms with Gasteiger partial charge in [0.25, 0.3) is 0 Å². The number of carbonyl (C=O) groups excluding carboxylic acids is 1. The quantitative estimate of drug-likeness (QED) is 0.457. The highest BCUT2D eigenvalue weighted by Gasteiger charge is 2.18. The Balaban J connectivity index is 1.45. The van der Waals surface area contributed by atoms with Gasteiger partial charge in [0.2, 0.25) is 5.91 Å². The standard InChI is InChI=1S/C23H20ClN5O2/c24-19-13-7-8-14-20(19)31-16-21-26-27-28-29(21)15-22(30)25-23(17-9-3-1-4-10-17)18-11-5-2-6-12-18/h1-14,23H,15-16H2,(H,25,30). The van der Waals surface area contributed by atoms with E-state index in [2.05, 4.69) is 20.8 Å². The Morgan fingerprint density at radius 3 is 2.19 bits per heavy atom. The molecule has 156 valence electrons. The van der Waals surface area contributed by atoms with E-state index in [9.17, 15) is 4.79 Å². The lowest BCUT2D eigenvalue weighted by molar-refractivity contribution is -0.122. The minimum Gasteiger partial charge on any atom is -0.484 e. The van der Waals surface area contributed by atoms with Gasteiger partial charge in [-0.1, -0.05) is 84.4 Å². The molecule has 0 aliphatic rings. The lowest BCUT2D eigenvalue weighted by Gasteiger charge is -2.20. The SMILES string of the molecule is O=C(Cn1nnnc1COc1ccccc1Cl)NC(c1ccccc1)c1ccccc1. The number of nitrogens with zero attached hydrogens (tertiary/aromatic N) is 4. The molecule has 0 spiro atoms. The molecule has 0 radical (unpaired) electrons. The van der Waals surface area contributed by atoms with Gasteiger partial charge in [0, 0.05) is 0 Å². The number of carbonyl (C=O) groups is 1. The van der Waals surface area contributed by atoms with Crippen molar-refractivity contribution in [1.82, 2.24) is 25.5 Å². The molecule has 7 nitrogen and oxygen atoms in total. The highest BCUT2D eigenvalue weighted by Crippen LogP contribution is 2.24. The Labute approximate surface area is 184 Å². The van der Waals surface area contributed by atoms with Crippen LogP contribution in [0.5, 0.6) is 5.75 Å². The second-order valence-corrected chi connectivity index (χ2v) is 7.20. The van der Waals surface area contributed by atoms with Crippen molar-refractivity contribution < 1.29 is 9.53 Å². The van der Waals surface area contributed by atoms with Gasteiger partial charge < -0.3 is 10.1 Å². The van der Waals surface area contributed by atoms with E-state index < -0.39 is 0 Å². The van der Waals surface area contributed by atoms with Gasteiger partial charge in [-0.05, 0) is 33.7 Å². The zero-order chi connectivity index (χ0) is 21.5. The summed E-state index contributed by atoms with van der Waals surface area (Å²) in [5.41, 5.74) is 1.97. The maximum absolute atomic E-state index is 12.9. The molecule has 31 heavy (non-hydrogen) atoms. The van der Waals surface area contributed by atoms with Crippen molar-refractivity contribution >= 4 is 17.5 Å². The number of nitrogens with one attached hydrogen (secondary N) is 1. The fraction of sp³-hybridized carbons (Fsp3) is 0.130. The number of aromatic nitrogens is 4. The Hall–Kier alpha value is -3.71. The fourth-order valence-corrected chi connectivity index (χ4v) is 3.34. The second kappa shape index (κ2) is 9.86. The summed E-state index contributed by atoms with van der Waals surface area (Å²) in [6, 6.07) is 26.5. The average molecular weight is 434 g/mol. The van der Waals surface area contributed by atoms with Crippen molar-refractivity contribution in [3.63, 3.8) is 0 Å². The normalized spacial score (nSPS) is 10.8. The van der Waals surface area contributed by atoms with E-state index in [1.165, 1.54) is 4.68 Å². The van der Waals surface area contributed by atoms with Crippen LogP contribution in [0.3, 0.4) is 0 Å². The predicted molar refractivity (Wildman–Crippen MR) is 116 cm³/mol. The number of benzene rings is 3. The van der Waals surface area contributed by atoms with Crippen molar-refractivity contribution in [2.24, 2.45) is 0 Å². The maximum Gasteiger partial charge on any atom is 0.242 e. The zero-order valence-electron chi connectivity index (χ0n) is 16.6. The topological polar surface area (TPSA) is 81.9 Å². The highest BCUT2D eigenvalue weighted by molar-refractivity contribution is 6.32. The molecule has 0 bridgehead atoms. The third-order valence-corrected chi connectivity index (χ3v) is 4.98. The summed E-state index contributed by atoms with van der Waals surface area (Å²) in [5, 5.41) is 15.1. The van der Waals surface area contributed by atoms with Crippen molar-refractivity contribution in [1.29, 1.82) is 0 Å². The van der Waals surface area contributed by atoms with Crippen LogP contribution in [-0.2, 0) is 17.9 Å². The summed E-state index contributed by atoms with van der Waals surface area (Å²) in [4.78, 5) is 12.9. The van der Waals surface area contributed by atoms with E-state index in [0.717, 1.165) is 11.1 Å². The van der Waals surface area contributed by atoms with Crippen LogP contribution in [0.1, 0.15) is 23.0 Å². The summed E-state index contributed by atoms with van der Waals surface area (Å²) in [5.74, 6) is 0.728. The van der Waals surface area contributed by atoms with Gasteiger partial charge in [0.05, 0.1) is 11.1 Å². The first-order chi connectivity index (χ1) is 15.2. The molecule has 0 unspecified atom stereocenters. The van der Waals surface area contributed by atoms with E-state index in [4.69, 9.17) is 16.3 Å². The highest BCUT2D eigenvalue weighted by atomic mass is 35.5. The van der Waals surface area contributed by atoms with Crippen LogP contribution in [0.2, 0.25) is 5.02 Å². The van der Waals surface area contributed by atoms with E-state index in [-0.39, 0.29) is 25.1 Å². The molecule has 0 atom stereocenters. The van der Waals surface area contributed by atoms with Crippen LogP contribution in [0.15, 0.2) is 84.9 Å². The fourth-order valence-electron chi connectivity index (χ4n) is 3.15. The second-order valence-electron chi connectivity index (χ2n) is 6.79. The summed E-state index contributed by atoms with van der Waals surface area (Å²) in [7, 11) is 0. The molecular formula is C23H20ClN5O2. The molecule has 1 N–H and O–H groups in total. The molecule has 4 aromatic rings. The van der Waals surface area contributed by atoms with E-state index >= 15 is 0 Å². The van der Waals surface area contributed by atoms with Gasteiger partial charge in [0.1, 0.15) is 18.9 Å². The van der Waals surface area contributed by atoms with Gasteiger partial charge in [-0.3, -0.25) is 4.79 Å². The molecule has 0 saturated heterocycles. The number of hydrogen-bond acceptors (Lipinski definition) is 5. The Kier molecular flexibility index (Phi) is 6.54. The Morgan fingerprint density at radius 1 is 0.935 bits per heavy atom. The summed E-state index contributed by atoms with van der Waals surface area (Å²) < 4.78 is 7.11. The summed E-state index contributed by atoms with van der Waals surface area (Å²) in [6.45, 7) is 0.0508. The number of hydrogen-bond donors (Lipinski definition) is 1. The molecule has 0 aliphatic carbocycles. The van der Waals surface area contributed by atoms with E-state index in [0.29, 0.717) is 16.6 Å². The number of rotatable bonds is 8. The van der Waals surface area contributed by atoms with Crippen molar-refractivity contribution in [3.8, 4) is 5.75 Å². The number of para-hydroxylation sites is 1. The van der Waals surface area contributed by atoms with Gasteiger partial charge >= 0.3 is 0 Å². The first kappa shape index (κ1) is 20.6. The van der Waals surface area contributed by atoms with Crippen LogP contribution < -0.4 is 10.1 Å². The number of tetrazole rings is 1. The summed E-state index contributed by atoms with van der Waals surface area (Å²) in [6.07, 6.45) is 0. The van der Waals surface area contributed by atoms with Crippen LogP contribution in [0, 0.1) is 0 Å². The van der Waals surface area contributed by atoms with Gasteiger partial charge in [-0.15, -0.1) is 5.10 Å². The van der Waals surface area contributed by atoms with E-state index in [1.54, 1.807) is 12.1 Å². The molecule has 1 aromatic heterocycles. The van der Waals surface area contributed by atoms with Crippen molar-refractivity contribution in [3.05, 3.63) is 107 Å². The van der Waals surface area contributed by atoms with Gasteiger partial charge in [0.15, 0.2) is 5.82 Å². The number of halogens is 1. The lowest BCUT2D eigenvalue weighted by Crippen LogP contribution is -2.33. The van der Waals surface area contributed by atoms with Gasteiger partial charge in [-0.2, -0.15) is 0 Å². The number of ether oxygens (including phenoxy) is 1. The molecule has 0 aliphatic heterocycles. The van der Waals surface area contributed by atoms with Crippen LogP contribution >= 0.6 is 11.6 Å². The third kappa shape index (κ3) is 5.26. The Bertz CT molecular complexity index is 1100.